The Labute approximate surface area is 202 Å². The van der Waals surface area contributed by atoms with Gasteiger partial charge in [-0.15, -0.1) is 0 Å². The third-order valence-corrected chi connectivity index (χ3v) is 6.37. The van der Waals surface area contributed by atoms with E-state index < -0.39 is 5.82 Å². The maximum atomic E-state index is 14.0. The van der Waals surface area contributed by atoms with Crippen molar-refractivity contribution in [3.05, 3.63) is 94.2 Å². The number of pyridine rings is 1. The van der Waals surface area contributed by atoms with Crippen LogP contribution >= 0.6 is 0 Å². The van der Waals surface area contributed by atoms with E-state index in [4.69, 9.17) is 0 Å². The van der Waals surface area contributed by atoms with Gasteiger partial charge in [-0.2, -0.15) is 0 Å². The predicted molar refractivity (Wildman–Crippen MR) is 134 cm³/mol. The molecule has 0 radical (unpaired) electrons. The molecule has 1 N–H and O–H groups in total. The highest BCUT2D eigenvalue weighted by atomic mass is 19.1. The van der Waals surface area contributed by atoms with Crippen LogP contribution in [-0.4, -0.2) is 33.5 Å². The molecule has 1 aliphatic heterocycles. The highest BCUT2D eigenvalue weighted by Crippen LogP contribution is 2.23. The Kier molecular flexibility index (Phi) is 6.27. The lowest BCUT2D eigenvalue weighted by molar-refractivity contribution is -0.120. The van der Waals surface area contributed by atoms with E-state index in [9.17, 15) is 14.0 Å². The number of fused-ring (bicyclic) bond motifs is 1. The summed E-state index contributed by atoms with van der Waals surface area (Å²) in [4.78, 5) is 37.5. The van der Waals surface area contributed by atoms with Gasteiger partial charge in [-0.3, -0.25) is 14.2 Å². The average molecular weight is 472 g/mol. The van der Waals surface area contributed by atoms with Crippen molar-refractivity contribution in [1.82, 2.24) is 14.5 Å². The predicted octanol–water partition coefficient (Wildman–Crippen LogP) is 4.14. The van der Waals surface area contributed by atoms with Gasteiger partial charge in [0.25, 0.3) is 5.56 Å². The van der Waals surface area contributed by atoms with E-state index in [1.165, 1.54) is 12.1 Å². The van der Waals surface area contributed by atoms with Crippen LogP contribution in [0.5, 0.6) is 0 Å². The number of carbonyl (C=O) groups is 1. The van der Waals surface area contributed by atoms with Gasteiger partial charge in [-0.1, -0.05) is 42.0 Å². The molecule has 0 aliphatic carbocycles. The fourth-order valence-corrected chi connectivity index (χ4v) is 4.47. The normalized spacial score (nSPS) is 15.8. The minimum atomic E-state index is -0.476. The molecule has 8 heteroatoms. The number of nitrogens with one attached hydrogen (secondary N) is 1. The number of aryl methyl sites for hydroxylation is 1. The number of halogens is 1. The molecule has 0 saturated carbocycles. The summed E-state index contributed by atoms with van der Waals surface area (Å²) < 4.78 is 15.7. The molecule has 0 unspecified atom stereocenters. The highest BCUT2D eigenvalue weighted by Gasteiger charge is 2.29. The molecule has 1 fully saturated rings. The number of carbonyl (C=O) groups excluding carboxylic acids is 1. The van der Waals surface area contributed by atoms with Gasteiger partial charge < -0.3 is 10.2 Å². The maximum absolute atomic E-state index is 14.0. The fraction of sp³-hybridized carbons (Fsp3) is 0.259. The zero-order valence-electron chi connectivity index (χ0n) is 19.4. The maximum Gasteiger partial charge on any atom is 0.295 e. The summed E-state index contributed by atoms with van der Waals surface area (Å²) >= 11 is 0. The fourth-order valence-electron chi connectivity index (χ4n) is 4.47. The molecule has 4 aromatic rings. The Balaban J connectivity index is 1.45. The number of hydrogen-bond acceptors (Lipinski definition) is 5. The number of benzene rings is 2. The molecule has 0 spiro atoms. The minimum Gasteiger partial charge on any atom is -0.351 e. The monoisotopic (exact) mass is 471 g/mol. The molecule has 0 bridgehead atoms. The summed E-state index contributed by atoms with van der Waals surface area (Å²) in [6.07, 6.45) is 3.03. The Hall–Kier alpha value is -4.07. The van der Waals surface area contributed by atoms with E-state index in [0.29, 0.717) is 43.0 Å². The van der Waals surface area contributed by atoms with E-state index in [-0.39, 0.29) is 23.1 Å². The van der Waals surface area contributed by atoms with Gasteiger partial charge in [0, 0.05) is 19.3 Å². The zero-order valence-corrected chi connectivity index (χ0v) is 19.4. The van der Waals surface area contributed by atoms with Gasteiger partial charge in [0.2, 0.25) is 5.91 Å². The lowest BCUT2D eigenvalue weighted by Crippen LogP contribution is -2.44. The van der Waals surface area contributed by atoms with Crippen molar-refractivity contribution in [1.29, 1.82) is 0 Å². The summed E-state index contributed by atoms with van der Waals surface area (Å²) in [6, 6.07) is 17.8. The van der Waals surface area contributed by atoms with E-state index >= 15 is 0 Å². The van der Waals surface area contributed by atoms with Crippen LogP contribution in [0.3, 0.4) is 0 Å². The third kappa shape index (κ3) is 4.77. The third-order valence-electron chi connectivity index (χ3n) is 6.37. The molecule has 1 aliphatic rings. The van der Waals surface area contributed by atoms with Crippen molar-refractivity contribution in [2.45, 2.75) is 26.3 Å². The lowest BCUT2D eigenvalue weighted by atomic mass is 9.97. The van der Waals surface area contributed by atoms with Gasteiger partial charge in [0.1, 0.15) is 11.3 Å². The number of amides is 1. The molecule has 178 valence electrons. The number of piperidine rings is 1. The molecule has 2 aromatic heterocycles. The Morgan fingerprint density at radius 3 is 2.71 bits per heavy atom. The topological polar surface area (TPSA) is 80.1 Å². The lowest BCUT2D eigenvalue weighted by Gasteiger charge is -2.32. The van der Waals surface area contributed by atoms with Crippen LogP contribution in [0.2, 0.25) is 0 Å². The second kappa shape index (κ2) is 9.66. The quantitative estimate of drug-likeness (QED) is 0.473. The molecule has 35 heavy (non-hydrogen) atoms. The first kappa shape index (κ1) is 22.7. The van der Waals surface area contributed by atoms with Gasteiger partial charge in [0.15, 0.2) is 11.5 Å². The first-order valence-corrected chi connectivity index (χ1v) is 11.7. The molecule has 7 nitrogen and oxygen atoms in total. The van der Waals surface area contributed by atoms with Crippen molar-refractivity contribution < 1.29 is 9.18 Å². The SMILES string of the molecule is Cc1ccc(Cn2c(=O)c(N3CCC[C@H](C(=O)Nc4ccccc4F)C3)nc3cccnc32)cc1. The molecular weight excluding hydrogens is 445 g/mol. The summed E-state index contributed by atoms with van der Waals surface area (Å²) in [5.74, 6) is -0.820. The van der Waals surface area contributed by atoms with Crippen LogP contribution in [0.15, 0.2) is 71.7 Å². The summed E-state index contributed by atoms with van der Waals surface area (Å²) in [5, 5.41) is 2.69. The summed E-state index contributed by atoms with van der Waals surface area (Å²) in [7, 11) is 0. The Morgan fingerprint density at radius 2 is 1.91 bits per heavy atom. The second-order valence-corrected chi connectivity index (χ2v) is 8.91. The van der Waals surface area contributed by atoms with Crippen molar-refractivity contribution in [2.24, 2.45) is 5.92 Å². The highest BCUT2D eigenvalue weighted by molar-refractivity contribution is 5.93. The van der Waals surface area contributed by atoms with Crippen molar-refractivity contribution in [3.63, 3.8) is 0 Å². The number of para-hydroxylation sites is 1. The standard InChI is InChI=1S/C27H26FN5O2/c1-18-10-12-19(13-11-18)16-33-24-23(9-4-14-29-24)30-25(27(33)35)32-15-5-6-20(17-32)26(34)31-22-8-3-2-7-21(22)28/h2-4,7-14,20H,5-6,15-17H2,1H3,(H,31,34)/t20-/m0/s1. The Bertz CT molecular complexity index is 1430. The number of aromatic nitrogens is 3. The molecular formula is C27H26FN5O2. The summed E-state index contributed by atoms with van der Waals surface area (Å²) in [6.45, 7) is 3.33. The van der Waals surface area contributed by atoms with E-state index in [1.54, 1.807) is 29.0 Å². The first-order valence-electron chi connectivity index (χ1n) is 11.7. The van der Waals surface area contributed by atoms with Crippen LogP contribution in [0, 0.1) is 18.7 Å². The van der Waals surface area contributed by atoms with Crippen LogP contribution in [-0.2, 0) is 11.3 Å². The summed E-state index contributed by atoms with van der Waals surface area (Å²) in [5.41, 5.74) is 3.19. The molecule has 1 amide bonds. The van der Waals surface area contributed by atoms with Crippen LogP contribution in [0.1, 0.15) is 24.0 Å². The number of nitrogens with zero attached hydrogens (tertiary/aromatic N) is 4. The largest absolute Gasteiger partial charge is 0.351 e. The molecule has 2 aromatic carbocycles. The van der Waals surface area contributed by atoms with Gasteiger partial charge in [0.05, 0.1) is 18.2 Å². The number of hydrogen-bond donors (Lipinski definition) is 1. The van der Waals surface area contributed by atoms with Crippen molar-refractivity contribution in [2.75, 3.05) is 23.3 Å². The second-order valence-electron chi connectivity index (χ2n) is 8.91. The minimum absolute atomic E-state index is 0.157. The molecule has 1 saturated heterocycles. The van der Waals surface area contributed by atoms with Gasteiger partial charge >= 0.3 is 0 Å². The molecule has 1 atom stereocenters. The van der Waals surface area contributed by atoms with Crippen molar-refractivity contribution in [3.8, 4) is 0 Å². The molecule has 3 heterocycles. The van der Waals surface area contributed by atoms with Crippen LogP contribution in [0.4, 0.5) is 15.9 Å². The number of rotatable bonds is 5. The molecule has 5 rings (SSSR count). The van der Waals surface area contributed by atoms with E-state index in [0.717, 1.165) is 17.5 Å². The van der Waals surface area contributed by atoms with Gasteiger partial charge in [-0.25, -0.2) is 14.4 Å². The smallest absolute Gasteiger partial charge is 0.295 e. The average Bonchev–Trinajstić information content (AvgIpc) is 2.88. The zero-order chi connectivity index (χ0) is 24.4. The van der Waals surface area contributed by atoms with Crippen LogP contribution in [0.25, 0.3) is 11.2 Å². The van der Waals surface area contributed by atoms with Crippen molar-refractivity contribution >= 4 is 28.6 Å². The van der Waals surface area contributed by atoms with Gasteiger partial charge in [-0.05, 0) is 49.6 Å². The van der Waals surface area contributed by atoms with E-state index in [2.05, 4.69) is 15.3 Å². The number of anilines is 2. The Morgan fingerprint density at radius 1 is 1.11 bits per heavy atom. The van der Waals surface area contributed by atoms with E-state index in [1.807, 2.05) is 42.2 Å². The first-order chi connectivity index (χ1) is 17.0. The van der Waals surface area contributed by atoms with Crippen LogP contribution < -0.4 is 15.8 Å².